The SMILES string of the molecule is CCc1ncnc(Sc2nnc(-c3ccc(C)cc3)o2)c1F. The van der Waals surface area contributed by atoms with Crippen LogP contribution in [0.15, 0.2) is 45.3 Å². The molecule has 0 fully saturated rings. The Morgan fingerprint density at radius 2 is 1.91 bits per heavy atom. The van der Waals surface area contributed by atoms with E-state index in [4.69, 9.17) is 4.42 Å². The van der Waals surface area contributed by atoms with Gasteiger partial charge >= 0.3 is 0 Å². The number of aryl methyl sites for hydroxylation is 2. The molecule has 0 saturated carbocycles. The number of benzene rings is 1. The normalized spacial score (nSPS) is 10.9. The van der Waals surface area contributed by atoms with Crippen LogP contribution >= 0.6 is 11.8 Å². The highest BCUT2D eigenvalue weighted by atomic mass is 32.2. The van der Waals surface area contributed by atoms with Crippen molar-refractivity contribution < 1.29 is 8.81 Å². The second kappa shape index (κ2) is 6.23. The van der Waals surface area contributed by atoms with Gasteiger partial charge in [-0.2, -0.15) is 0 Å². The summed E-state index contributed by atoms with van der Waals surface area (Å²) in [5.41, 5.74) is 2.34. The number of hydrogen-bond donors (Lipinski definition) is 0. The van der Waals surface area contributed by atoms with Crippen LogP contribution in [0.25, 0.3) is 11.5 Å². The summed E-state index contributed by atoms with van der Waals surface area (Å²) in [5, 5.41) is 8.34. The maximum absolute atomic E-state index is 14.1. The molecule has 0 saturated heterocycles. The molecule has 0 aliphatic heterocycles. The van der Waals surface area contributed by atoms with Gasteiger partial charge in [0.15, 0.2) is 5.82 Å². The van der Waals surface area contributed by atoms with Gasteiger partial charge in [-0.1, -0.05) is 24.6 Å². The second-order valence-corrected chi connectivity index (χ2v) is 5.57. The predicted octanol–water partition coefficient (Wildman–Crippen LogP) is 3.69. The van der Waals surface area contributed by atoms with Gasteiger partial charge in [-0.25, -0.2) is 14.4 Å². The van der Waals surface area contributed by atoms with Crippen molar-refractivity contribution >= 4 is 11.8 Å². The third kappa shape index (κ3) is 2.99. The molecule has 0 amide bonds. The van der Waals surface area contributed by atoms with Crippen molar-refractivity contribution in [3.8, 4) is 11.5 Å². The number of hydrogen-bond acceptors (Lipinski definition) is 6. The van der Waals surface area contributed by atoms with E-state index in [-0.39, 0.29) is 10.2 Å². The summed E-state index contributed by atoms with van der Waals surface area (Å²) in [4.78, 5) is 7.82. The van der Waals surface area contributed by atoms with Gasteiger partial charge in [0.1, 0.15) is 11.4 Å². The van der Waals surface area contributed by atoms with Gasteiger partial charge in [0.2, 0.25) is 5.89 Å². The molecule has 5 nitrogen and oxygen atoms in total. The average molecular weight is 316 g/mol. The van der Waals surface area contributed by atoms with Crippen molar-refractivity contribution in [1.82, 2.24) is 20.2 Å². The molecule has 0 aliphatic carbocycles. The highest BCUT2D eigenvalue weighted by Crippen LogP contribution is 2.30. The molecule has 3 aromatic rings. The van der Waals surface area contributed by atoms with Crippen molar-refractivity contribution in [3.05, 3.63) is 47.7 Å². The summed E-state index contributed by atoms with van der Waals surface area (Å²) in [6.45, 7) is 3.84. The van der Waals surface area contributed by atoms with Gasteiger partial charge in [0.05, 0.1) is 5.69 Å². The molecule has 22 heavy (non-hydrogen) atoms. The fourth-order valence-corrected chi connectivity index (χ4v) is 2.53. The van der Waals surface area contributed by atoms with Crippen molar-refractivity contribution in [2.75, 3.05) is 0 Å². The summed E-state index contributed by atoms with van der Waals surface area (Å²) in [7, 11) is 0. The van der Waals surface area contributed by atoms with E-state index in [1.165, 1.54) is 6.33 Å². The zero-order valence-electron chi connectivity index (χ0n) is 12.1. The van der Waals surface area contributed by atoms with Crippen molar-refractivity contribution in [1.29, 1.82) is 0 Å². The summed E-state index contributed by atoms with van der Waals surface area (Å²) in [6, 6.07) is 7.73. The molecule has 0 bridgehead atoms. The molecular formula is C15H13FN4OS. The van der Waals surface area contributed by atoms with E-state index < -0.39 is 5.82 Å². The molecule has 0 N–H and O–H groups in total. The third-order valence-corrected chi connectivity index (χ3v) is 3.87. The van der Waals surface area contributed by atoms with E-state index in [9.17, 15) is 4.39 Å². The van der Waals surface area contributed by atoms with E-state index >= 15 is 0 Å². The minimum atomic E-state index is -0.440. The lowest BCUT2D eigenvalue weighted by molar-refractivity contribution is 0.464. The first-order valence-corrected chi connectivity index (χ1v) is 7.56. The van der Waals surface area contributed by atoms with E-state index in [1.54, 1.807) is 0 Å². The summed E-state index contributed by atoms with van der Waals surface area (Å²) in [5.74, 6) is -0.0437. The molecule has 0 radical (unpaired) electrons. The lowest BCUT2D eigenvalue weighted by Crippen LogP contribution is -1.97. The molecule has 0 unspecified atom stereocenters. The Kier molecular flexibility index (Phi) is 4.15. The minimum Gasteiger partial charge on any atom is -0.411 e. The van der Waals surface area contributed by atoms with E-state index in [1.807, 2.05) is 38.1 Å². The lowest BCUT2D eigenvalue weighted by Gasteiger charge is -2.01. The van der Waals surface area contributed by atoms with Crippen LogP contribution < -0.4 is 0 Å². The van der Waals surface area contributed by atoms with Crippen LogP contribution in [0.5, 0.6) is 0 Å². The van der Waals surface area contributed by atoms with Crippen molar-refractivity contribution in [2.24, 2.45) is 0 Å². The number of halogens is 1. The fourth-order valence-electron chi connectivity index (χ4n) is 1.85. The predicted molar refractivity (Wildman–Crippen MR) is 80.0 cm³/mol. The average Bonchev–Trinajstić information content (AvgIpc) is 2.99. The lowest BCUT2D eigenvalue weighted by atomic mass is 10.1. The number of rotatable bonds is 4. The maximum atomic E-state index is 14.1. The smallest absolute Gasteiger partial charge is 0.283 e. The molecule has 3 rings (SSSR count). The first kappa shape index (κ1) is 14.6. The van der Waals surface area contributed by atoms with Crippen LogP contribution in [-0.2, 0) is 6.42 Å². The molecular weight excluding hydrogens is 303 g/mol. The molecule has 2 heterocycles. The maximum Gasteiger partial charge on any atom is 0.283 e. The molecule has 112 valence electrons. The highest BCUT2D eigenvalue weighted by Gasteiger charge is 2.15. The van der Waals surface area contributed by atoms with Crippen LogP contribution in [0, 0.1) is 12.7 Å². The molecule has 7 heteroatoms. The van der Waals surface area contributed by atoms with Crippen LogP contribution in [-0.4, -0.2) is 20.2 Å². The molecule has 1 aromatic carbocycles. The van der Waals surface area contributed by atoms with Crippen LogP contribution in [0.3, 0.4) is 0 Å². The Morgan fingerprint density at radius 3 is 2.64 bits per heavy atom. The quantitative estimate of drug-likeness (QED) is 0.684. The Hall–Kier alpha value is -2.28. The zero-order chi connectivity index (χ0) is 15.5. The standard InChI is InChI=1S/C15H13FN4OS/c1-3-11-12(16)14(18-8-17-11)22-15-20-19-13(21-15)10-6-4-9(2)5-7-10/h4-8H,3H2,1-2H3. The van der Waals surface area contributed by atoms with Gasteiger partial charge in [-0.05, 0) is 37.2 Å². The van der Waals surface area contributed by atoms with Crippen molar-refractivity contribution in [2.45, 2.75) is 30.5 Å². The monoisotopic (exact) mass is 316 g/mol. The van der Waals surface area contributed by atoms with Crippen molar-refractivity contribution in [3.63, 3.8) is 0 Å². The van der Waals surface area contributed by atoms with Crippen LogP contribution in [0.4, 0.5) is 4.39 Å². The van der Waals surface area contributed by atoms with E-state index in [2.05, 4.69) is 20.2 Å². The number of nitrogens with zero attached hydrogens (tertiary/aromatic N) is 4. The highest BCUT2D eigenvalue weighted by molar-refractivity contribution is 7.99. The Labute approximate surface area is 131 Å². The molecule has 0 atom stereocenters. The summed E-state index contributed by atoms with van der Waals surface area (Å²) in [6.07, 6.45) is 1.84. The summed E-state index contributed by atoms with van der Waals surface area (Å²) < 4.78 is 19.7. The summed E-state index contributed by atoms with van der Waals surface area (Å²) >= 11 is 0.996. The topological polar surface area (TPSA) is 64.7 Å². The first-order valence-electron chi connectivity index (χ1n) is 6.75. The van der Waals surface area contributed by atoms with Gasteiger partial charge in [0.25, 0.3) is 5.22 Å². The van der Waals surface area contributed by atoms with Gasteiger partial charge in [-0.3, -0.25) is 0 Å². The van der Waals surface area contributed by atoms with E-state index in [0.717, 1.165) is 22.9 Å². The Balaban J connectivity index is 1.84. The fraction of sp³-hybridized carbons (Fsp3) is 0.200. The Bertz CT molecular complexity index is 788. The molecule has 0 spiro atoms. The zero-order valence-corrected chi connectivity index (χ0v) is 12.9. The molecule has 2 aromatic heterocycles. The van der Waals surface area contributed by atoms with Gasteiger partial charge < -0.3 is 4.42 Å². The van der Waals surface area contributed by atoms with Gasteiger partial charge in [0, 0.05) is 5.56 Å². The largest absolute Gasteiger partial charge is 0.411 e. The minimum absolute atomic E-state index is 0.186. The third-order valence-electron chi connectivity index (χ3n) is 3.05. The van der Waals surface area contributed by atoms with Crippen LogP contribution in [0.2, 0.25) is 0 Å². The first-order chi connectivity index (χ1) is 10.7. The second-order valence-electron chi connectivity index (χ2n) is 4.63. The van der Waals surface area contributed by atoms with Crippen LogP contribution in [0.1, 0.15) is 18.2 Å². The van der Waals surface area contributed by atoms with Gasteiger partial charge in [-0.15, -0.1) is 10.2 Å². The molecule has 0 aliphatic rings. The number of aromatic nitrogens is 4. The Morgan fingerprint density at radius 1 is 1.14 bits per heavy atom. The van der Waals surface area contributed by atoms with E-state index in [0.29, 0.717) is 18.0 Å².